The standard InChI is InChI=1S/C26H24BrClN4O3S/c1-35-23-11-8-18(16-20(23)27)24(33)30-26(36)29-21-4-2-3-5-22(21)31-12-14-32(15-13-31)25(34)17-6-9-19(28)10-7-17/h2-11,16H,12-15H2,1H3,(H2,29,30,33,36). The van der Waals surface area contributed by atoms with Crippen molar-refractivity contribution in [1.29, 1.82) is 0 Å². The van der Waals surface area contributed by atoms with Crippen molar-refractivity contribution in [3.63, 3.8) is 0 Å². The van der Waals surface area contributed by atoms with E-state index in [1.54, 1.807) is 49.6 Å². The number of amides is 2. The molecule has 1 saturated heterocycles. The molecule has 0 bridgehead atoms. The van der Waals surface area contributed by atoms with Gasteiger partial charge in [0.25, 0.3) is 11.8 Å². The number of halogens is 2. The van der Waals surface area contributed by atoms with Crippen molar-refractivity contribution < 1.29 is 14.3 Å². The maximum atomic E-state index is 12.8. The highest BCUT2D eigenvalue weighted by Crippen LogP contribution is 2.28. The summed E-state index contributed by atoms with van der Waals surface area (Å²) in [4.78, 5) is 29.5. The van der Waals surface area contributed by atoms with Crippen LogP contribution in [0.3, 0.4) is 0 Å². The van der Waals surface area contributed by atoms with Crippen LogP contribution in [0, 0.1) is 0 Å². The van der Waals surface area contributed by atoms with Gasteiger partial charge in [0.1, 0.15) is 5.75 Å². The van der Waals surface area contributed by atoms with E-state index in [1.165, 1.54) is 0 Å². The molecule has 0 atom stereocenters. The Morgan fingerprint density at radius 3 is 2.31 bits per heavy atom. The first-order chi connectivity index (χ1) is 17.4. The predicted octanol–water partition coefficient (Wildman–Crippen LogP) is 5.20. The van der Waals surface area contributed by atoms with Crippen molar-refractivity contribution in [3.8, 4) is 5.75 Å². The molecule has 3 aromatic rings. The van der Waals surface area contributed by atoms with Gasteiger partial charge in [-0.05, 0) is 82.7 Å². The van der Waals surface area contributed by atoms with Gasteiger partial charge in [0.05, 0.1) is 23.0 Å². The number of ether oxygens (including phenoxy) is 1. The molecule has 2 N–H and O–H groups in total. The summed E-state index contributed by atoms with van der Waals surface area (Å²) in [5.41, 5.74) is 2.79. The number of carbonyl (C=O) groups excluding carboxylic acids is 2. The van der Waals surface area contributed by atoms with Gasteiger partial charge in [0.2, 0.25) is 0 Å². The molecule has 186 valence electrons. The molecule has 4 rings (SSSR count). The van der Waals surface area contributed by atoms with Crippen LogP contribution in [0.4, 0.5) is 11.4 Å². The van der Waals surface area contributed by atoms with Gasteiger partial charge in [-0.25, -0.2) is 0 Å². The fraction of sp³-hybridized carbons (Fsp3) is 0.192. The lowest BCUT2D eigenvalue weighted by molar-refractivity contribution is 0.0746. The van der Waals surface area contributed by atoms with Gasteiger partial charge in [0, 0.05) is 42.3 Å². The van der Waals surface area contributed by atoms with Crippen molar-refractivity contribution in [2.24, 2.45) is 0 Å². The zero-order valence-electron chi connectivity index (χ0n) is 19.5. The molecule has 1 fully saturated rings. The topological polar surface area (TPSA) is 73.9 Å². The molecule has 0 radical (unpaired) electrons. The van der Waals surface area contributed by atoms with Crippen LogP contribution in [0.25, 0.3) is 0 Å². The summed E-state index contributed by atoms with van der Waals surface area (Å²) in [7, 11) is 1.56. The highest BCUT2D eigenvalue weighted by molar-refractivity contribution is 9.10. The minimum absolute atomic E-state index is 0.00761. The average Bonchev–Trinajstić information content (AvgIpc) is 2.89. The molecule has 0 aliphatic carbocycles. The first kappa shape index (κ1) is 25.9. The van der Waals surface area contributed by atoms with E-state index in [0.717, 1.165) is 11.4 Å². The number of thiocarbonyl (C=S) groups is 1. The molecule has 7 nitrogen and oxygen atoms in total. The Bertz CT molecular complexity index is 1280. The van der Waals surface area contributed by atoms with E-state index in [1.807, 2.05) is 29.2 Å². The van der Waals surface area contributed by atoms with Crippen LogP contribution in [0.2, 0.25) is 5.02 Å². The van der Waals surface area contributed by atoms with Gasteiger partial charge < -0.3 is 19.9 Å². The number of anilines is 2. The van der Waals surface area contributed by atoms with Gasteiger partial charge in [0.15, 0.2) is 5.11 Å². The maximum Gasteiger partial charge on any atom is 0.257 e. The van der Waals surface area contributed by atoms with Crippen molar-refractivity contribution in [2.75, 3.05) is 43.5 Å². The number of methoxy groups -OCH3 is 1. The molecule has 1 aliphatic heterocycles. The number of nitrogens with zero attached hydrogens (tertiary/aromatic N) is 2. The number of rotatable bonds is 5. The van der Waals surface area contributed by atoms with Crippen molar-refractivity contribution in [2.45, 2.75) is 0 Å². The van der Waals surface area contributed by atoms with E-state index >= 15 is 0 Å². The maximum absolute atomic E-state index is 12.8. The smallest absolute Gasteiger partial charge is 0.257 e. The molecule has 2 amide bonds. The lowest BCUT2D eigenvalue weighted by atomic mass is 10.1. The molecule has 0 spiro atoms. The molecular formula is C26H24BrClN4O3S. The second-order valence-corrected chi connectivity index (χ2v) is 9.76. The monoisotopic (exact) mass is 586 g/mol. The van der Waals surface area contributed by atoms with E-state index < -0.39 is 0 Å². The first-order valence-electron chi connectivity index (χ1n) is 11.2. The molecule has 3 aromatic carbocycles. The normalized spacial score (nSPS) is 13.2. The summed E-state index contributed by atoms with van der Waals surface area (Å²) in [6.45, 7) is 2.50. The van der Waals surface area contributed by atoms with E-state index in [-0.39, 0.29) is 16.9 Å². The van der Waals surface area contributed by atoms with Crippen LogP contribution in [0.15, 0.2) is 71.2 Å². The highest BCUT2D eigenvalue weighted by atomic mass is 79.9. The summed E-state index contributed by atoms with van der Waals surface area (Å²) in [5.74, 6) is 0.297. The van der Waals surface area contributed by atoms with Gasteiger partial charge in [-0.2, -0.15) is 0 Å². The number of para-hydroxylation sites is 2. The van der Waals surface area contributed by atoms with E-state index in [2.05, 4.69) is 31.5 Å². The Labute approximate surface area is 228 Å². The number of benzene rings is 3. The number of carbonyl (C=O) groups is 2. The van der Waals surface area contributed by atoms with Gasteiger partial charge >= 0.3 is 0 Å². The van der Waals surface area contributed by atoms with Crippen LogP contribution in [-0.4, -0.2) is 55.1 Å². The Morgan fingerprint density at radius 2 is 1.64 bits per heavy atom. The summed E-state index contributed by atoms with van der Waals surface area (Å²) in [6.07, 6.45) is 0. The Balaban J connectivity index is 1.37. The minimum atomic E-state index is -0.331. The zero-order valence-corrected chi connectivity index (χ0v) is 22.6. The summed E-state index contributed by atoms with van der Waals surface area (Å²) in [6, 6.07) is 19.7. The Hall–Kier alpha value is -3.14. The van der Waals surface area contributed by atoms with Gasteiger partial charge in [-0.3, -0.25) is 14.9 Å². The number of hydrogen-bond acceptors (Lipinski definition) is 5. The van der Waals surface area contributed by atoms with E-state index in [0.29, 0.717) is 52.6 Å². The average molecular weight is 588 g/mol. The van der Waals surface area contributed by atoms with Crippen LogP contribution in [0.1, 0.15) is 20.7 Å². The van der Waals surface area contributed by atoms with E-state index in [9.17, 15) is 9.59 Å². The van der Waals surface area contributed by atoms with Gasteiger partial charge in [-0.15, -0.1) is 0 Å². The van der Waals surface area contributed by atoms with Crippen molar-refractivity contribution >= 4 is 68.1 Å². The van der Waals surface area contributed by atoms with Crippen LogP contribution in [0.5, 0.6) is 5.75 Å². The van der Waals surface area contributed by atoms with Crippen LogP contribution in [-0.2, 0) is 0 Å². The third-order valence-corrected chi connectivity index (χ3v) is 6.87. The van der Waals surface area contributed by atoms with Crippen LogP contribution >= 0.6 is 39.7 Å². The molecule has 0 saturated carbocycles. The van der Waals surface area contributed by atoms with E-state index in [4.69, 9.17) is 28.6 Å². The molecule has 0 unspecified atom stereocenters. The summed E-state index contributed by atoms with van der Waals surface area (Å²) in [5, 5.41) is 6.66. The first-order valence-corrected chi connectivity index (χ1v) is 12.8. The molecule has 0 aromatic heterocycles. The lowest BCUT2D eigenvalue weighted by Crippen LogP contribution is -2.49. The molecule has 1 heterocycles. The molecule has 36 heavy (non-hydrogen) atoms. The summed E-state index contributed by atoms with van der Waals surface area (Å²) >= 11 is 14.7. The SMILES string of the molecule is COc1ccc(C(=O)NC(=S)Nc2ccccc2N2CCN(C(=O)c3ccc(Cl)cc3)CC2)cc1Br. The zero-order chi connectivity index (χ0) is 25.7. The fourth-order valence-electron chi connectivity index (χ4n) is 3.92. The predicted molar refractivity (Wildman–Crippen MR) is 150 cm³/mol. The molecular weight excluding hydrogens is 564 g/mol. The number of piperazine rings is 1. The third-order valence-electron chi connectivity index (χ3n) is 5.79. The lowest BCUT2D eigenvalue weighted by Gasteiger charge is -2.37. The number of nitrogens with one attached hydrogen (secondary N) is 2. The Morgan fingerprint density at radius 1 is 0.972 bits per heavy atom. The Kier molecular flexibility index (Phi) is 8.45. The third kappa shape index (κ3) is 6.16. The second kappa shape index (κ2) is 11.7. The van der Waals surface area contributed by atoms with Gasteiger partial charge in [-0.1, -0.05) is 23.7 Å². The summed E-state index contributed by atoms with van der Waals surface area (Å²) < 4.78 is 5.89. The fourth-order valence-corrected chi connectivity index (χ4v) is 4.79. The highest BCUT2D eigenvalue weighted by Gasteiger charge is 2.24. The second-order valence-electron chi connectivity index (χ2n) is 8.06. The largest absolute Gasteiger partial charge is 0.496 e. The van der Waals surface area contributed by atoms with Crippen molar-refractivity contribution in [3.05, 3.63) is 87.4 Å². The van der Waals surface area contributed by atoms with Crippen molar-refractivity contribution in [1.82, 2.24) is 10.2 Å². The van der Waals surface area contributed by atoms with Crippen LogP contribution < -0.4 is 20.3 Å². The molecule has 1 aliphatic rings. The quantitative estimate of drug-likeness (QED) is 0.400. The number of hydrogen-bond donors (Lipinski definition) is 2. The molecule has 10 heteroatoms. The minimum Gasteiger partial charge on any atom is -0.496 e.